The van der Waals surface area contributed by atoms with Gasteiger partial charge in [-0.1, -0.05) is 66.7 Å². The van der Waals surface area contributed by atoms with Gasteiger partial charge in [0, 0.05) is 36.8 Å². The van der Waals surface area contributed by atoms with Gasteiger partial charge in [-0.2, -0.15) is 0 Å². The third-order valence-corrected chi connectivity index (χ3v) is 8.54. The van der Waals surface area contributed by atoms with Gasteiger partial charge in [0.1, 0.15) is 18.2 Å². The first-order chi connectivity index (χ1) is 20.0. The number of ether oxygens (including phenoxy) is 1. The second-order valence-electron chi connectivity index (χ2n) is 11.2. The molecule has 3 heterocycles. The number of para-hydroxylation sites is 1. The Bertz CT molecular complexity index is 1490. The molecule has 2 aliphatic rings. The van der Waals surface area contributed by atoms with Gasteiger partial charge in [-0.05, 0) is 67.8 Å². The Labute approximate surface area is 241 Å². The number of piperidine rings is 2. The van der Waals surface area contributed by atoms with Gasteiger partial charge < -0.3 is 20.1 Å². The lowest BCUT2D eigenvalue weighted by molar-refractivity contribution is -0.0185. The first-order valence-electron chi connectivity index (χ1n) is 14.7. The van der Waals surface area contributed by atoms with Gasteiger partial charge in [0.05, 0.1) is 11.6 Å². The molecule has 7 nitrogen and oxygen atoms in total. The third kappa shape index (κ3) is 5.65. The number of amides is 2. The lowest BCUT2D eigenvalue weighted by atomic mass is 9.84. The summed E-state index contributed by atoms with van der Waals surface area (Å²) < 4.78 is 6.18. The van der Waals surface area contributed by atoms with Gasteiger partial charge in [0.25, 0.3) is 0 Å². The van der Waals surface area contributed by atoms with E-state index in [0.29, 0.717) is 38.3 Å². The number of anilines is 1. The van der Waals surface area contributed by atoms with E-state index in [4.69, 9.17) is 9.72 Å². The summed E-state index contributed by atoms with van der Waals surface area (Å²) in [5, 5.41) is 17.4. The van der Waals surface area contributed by atoms with Crippen molar-refractivity contribution in [2.75, 3.05) is 31.1 Å². The predicted octanol–water partition coefficient (Wildman–Crippen LogP) is 5.78. The zero-order valence-electron chi connectivity index (χ0n) is 23.6. The van der Waals surface area contributed by atoms with Crippen LogP contribution in [-0.4, -0.2) is 53.2 Å². The number of hydrogen-bond donors (Lipinski definition) is 2. The normalized spacial score (nSPS) is 18.7. The number of fused-ring (bicyclic) bond motifs is 1. The van der Waals surface area contributed by atoms with Crippen molar-refractivity contribution in [2.24, 2.45) is 0 Å². The number of rotatable bonds is 6. The number of hydrogen-bond acceptors (Lipinski definition) is 5. The molecule has 1 atom stereocenters. The van der Waals surface area contributed by atoms with Crippen LogP contribution in [0.25, 0.3) is 10.8 Å². The molecule has 2 fully saturated rings. The molecule has 2 aliphatic heterocycles. The quantitative estimate of drug-likeness (QED) is 0.318. The summed E-state index contributed by atoms with van der Waals surface area (Å²) in [5.41, 5.74) is 1.88. The molecule has 1 aromatic heterocycles. The molecule has 7 heteroatoms. The van der Waals surface area contributed by atoms with E-state index in [1.165, 1.54) is 0 Å². The maximum atomic E-state index is 14.3. The summed E-state index contributed by atoms with van der Waals surface area (Å²) in [6, 6.07) is 25.9. The minimum absolute atomic E-state index is 0.0156. The second kappa shape index (κ2) is 11.9. The van der Waals surface area contributed by atoms with Crippen LogP contribution in [-0.2, 0) is 12.2 Å². The number of aliphatic hydroxyl groups is 1. The summed E-state index contributed by atoms with van der Waals surface area (Å²) >= 11 is 0. The average molecular weight is 551 g/mol. The Morgan fingerprint density at radius 3 is 2.61 bits per heavy atom. The monoisotopic (exact) mass is 550 g/mol. The number of likely N-dealkylation sites (tertiary alicyclic amines) is 1. The smallest absolute Gasteiger partial charge is 0.325 e. The van der Waals surface area contributed by atoms with Crippen LogP contribution >= 0.6 is 0 Å². The molecule has 6 rings (SSSR count). The highest BCUT2D eigenvalue weighted by molar-refractivity contribution is 6.03. The highest BCUT2D eigenvalue weighted by Crippen LogP contribution is 2.39. The van der Waals surface area contributed by atoms with Crippen molar-refractivity contribution in [3.8, 4) is 5.75 Å². The highest BCUT2D eigenvalue weighted by atomic mass is 16.5. The van der Waals surface area contributed by atoms with Gasteiger partial charge >= 0.3 is 6.03 Å². The third-order valence-electron chi connectivity index (χ3n) is 8.54. The predicted molar refractivity (Wildman–Crippen MR) is 162 cm³/mol. The Hall–Kier alpha value is -3.94. The molecule has 0 saturated carbocycles. The van der Waals surface area contributed by atoms with Crippen LogP contribution in [0, 0.1) is 6.92 Å². The molecule has 0 spiro atoms. The number of pyridine rings is 1. The molecule has 0 radical (unpaired) electrons. The van der Waals surface area contributed by atoms with E-state index in [-0.39, 0.29) is 12.1 Å². The number of benzene rings is 3. The molecule has 4 aromatic rings. The summed E-state index contributed by atoms with van der Waals surface area (Å²) in [5.74, 6) is 1.41. The van der Waals surface area contributed by atoms with Crippen LogP contribution in [0.1, 0.15) is 42.4 Å². The number of aryl methyl sites for hydroxylation is 1. The maximum absolute atomic E-state index is 14.3. The van der Waals surface area contributed by atoms with E-state index in [9.17, 15) is 9.90 Å². The van der Waals surface area contributed by atoms with Crippen LogP contribution in [0.4, 0.5) is 10.6 Å². The van der Waals surface area contributed by atoms with Crippen LogP contribution in [0.3, 0.4) is 0 Å². The number of aromatic nitrogens is 1. The van der Waals surface area contributed by atoms with Gasteiger partial charge in [-0.25, -0.2) is 9.78 Å². The second-order valence-corrected chi connectivity index (χ2v) is 11.2. The Morgan fingerprint density at radius 2 is 1.83 bits per heavy atom. The lowest BCUT2D eigenvalue weighted by Crippen LogP contribution is -2.56. The lowest BCUT2D eigenvalue weighted by Gasteiger charge is -2.43. The van der Waals surface area contributed by atoms with Gasteiger partial charge in [0.2, 0.25) is 0 Å². The van der Waals surface area contributed by atoms with E-state index in [1.54, 1.807) is 6.20 Å². The molecule has 212 valence electrons. The molecule has 0 unspecified atom stereocenters. The summed E-state index contributed by atoms with van der Waals surface area (Å²) in [7, 11) is 0. The van der Waals surface area contributed by atoms with Gasteiger partial charge in [-0.3, -0.25) is 4.90 Å². The number of nitrogens with zero attached hydrogens (tertiary/aromatic N) is 3. The topological polar surface area (TPSA) is 77.9 Å². The molecule has 2 N–H and O–H groups in total. The van der Waals surface area contributed by atoms with Crippen molar-refractivity contribution in [3.05, 3.63) is 102 Å². The van der Waals surface area contributed by atoms with E-state index in [1.807, 2.05) is 76.5 Å². The fourth-order valence-corrected chi connectivity index (χ4v) is 6.25. The summed E-state index contributed by atoms with van der Waals surface area (Å²) in [4.78, 5) is 22.9. The Kier molecular flexibility index (Phi) is 7.90. The SMILES string of the molecule is Cc1cccc2ccnc(N(C(=O)N3CCC(O)(c4ccccc4OCc4ccccc4)CC3)[C@@H]3CCCNC3)c12. The van der Waals surface area contributed by atoms with Crippen molar-refractivity contribution in [3.63, 3.8) is 0 Å². The van der Waals surface area contributed by atoms with Crippen molar-refractivity contribution >= 4 is 22.6 Å². The first kappa shape index (κ1) is 27.2. The first-order valence-corrected chi connectivity index (χ1v) is 14.7. The molecule has 2 amide bonds. The molecule has 2 saturated heterocycles. The number of carbonyl (C=O) groups is 1. The summed E-state index contributed by atoms with van der Waals surface area (Å²) in [6.45, 7) is 5.10. The zero-order chi connectivity index (χ0) is 28.2. The van der Waals surface area contributed by atoms with Crippen molar-refractivity contribution < 1.29 is 14.6 Å². The molecule has 3 aromatic carbocycles. The number of urea groups is 1. The minimum Gasteiger partial charge on any atom is -0.489 e. The number of nitrogens with one attached hydrogen (secondary N) is 1. The molecular weight excluding hydrogens is 512 g/mol. The Balaban J connectivity index is 1.23. The standard InChI is InChI=1S/C34H38N4O3/c1-25-9-7-12-27-16-20-36-32(31(25)27)38(28-13-8-19-35-23-28)33(39)37-21-17-34(40,18-22-37)29-14-5-6-15-30(29)41-24-26-10-3-2-4-11-26/h2-7,9-12,14-16,20,28,35,40H,8,13,17-19,21-24H2,1H3/t28-/m1/s1. The highest BCUT2D eigenvalue weighted by Gasteiger charge is 2.40. The molecule has 0 bridgehead atoms. The van der Waals surface area contributed by atoms with E-state index in [2.05, 4.69) is 24.4 Å². The van der Waals surface area contributed by atoms with Crippen molar-refractivity contribution in [1.82, 2.24) is 15.2 Å². The largest absolute Gasteiger partial charge is 0.489 e. The fraction of sp³-hybridized carbons (Fsp3) is 0.353. The molecule has 41 heavy (non-hydrogen) atoms. The van der Waals surface area contributed by atoms with Gasteiger partial charge in [0.15, 0.2) is 0 Å². The molecule has 0 aliphatic carbocycles. The van der Waals surface area contributed by atoms with Crippen LogP contribution < -0.4 is 15.0 Å². The number of carbonyl (C=O) groups excluding carboxylic acids is 1. The van der Waals surface area contributed by atoms with E-state index in [0.717, 1.165) is 59.2 Å². The Morgan fingerprint density at radius 1 is 1.05 bits per heavy atom. The molecular formula is C34H38N4O3. The minimum atomic E-state index is -1.07. The zero-order valence-corrected chi connectivity index (χ0v) is 23.6. The fourth-order valence-electron chi connectivity index (χ4n) is 6.25. The maximum Gasteiger partial charge on any atom is 0.325 e. The van der Waals surface area contributed by atoms with E-state index < -0.39 is 5.60 Å². The average Bonchev–Trinajstić information content (AvgIpc) is 3.02. The van der Waals surface area contributed by atoms with Crippen LogP contribution in [0.2, 0.25) is 0 Å². The summed E-state index contributed by atoms with van der Waals surface area (Å²) in [6.07, 6.45) is 4.60. The van der Waals surface area contributed by atoms with Crippen LogP contribution in [0.5, 0.6) is 5.75 Å². The van der Waals surface area contributed by atoms with Crippen molar-refractivity contribution in [2.45, 2.75) is 50.9 Å². The van der Waals surface area contributed by atoms with Gasteiger partial charge in [-0.15, -0.1) is 0 Å². The van der Waals surface area contributed by atoms with E-state index >= 15 is 0 Å². The van der Waals surface area contributed by atoms with Crippen LogP contribution in [0.15, 0.2) is 85.1 Å². The van der Waals surface area contributed by atoms with Crippen molar-refractivity contribution in [1.29, 1.82) is 0 Å².